The van der Waals surface area contributed by atoms with E-state index in [1.54, 1.807) is 19.1 Å². The molecule has 0 spiro atoms. The Morgan fingerprint density at radius 2 is 2.00 bits per heavy atom. The normalized spacial score (nSPS) is 10.2. The molecule has 0 atom stereocenters. The first kappa shape index (κ1) is 15.2. The van der Waals surface area contributed by atoms with Gasteiger partial charge in [-0.1, -0.05) is 6.42 Å². The topological polar surface area (TPSA) is 92.4 Å². The smallest absolute Gasteiger partial charge is 0.335 e. The minimum absolute atomic E-state index is 0.0526. The molecule has 104 valence electrons. The number of hydrogen-bond donors (Lipinski definition) is 3. The highest BCUT2D eigenvalue weighted by Gasteiger charge is 2.08. The Morgan fingerprint density at radius 1 is 1.26 bits per heavy atom. The number of nitrogens with one attached hydrogen (secondary N) is 1. The van der Waals surface area contributed by atoms with Crippen LogP contribution in [0, 0.1) is 6.92 Å². The summed E-state index contributed by atoms with van der Waals surface area (Å²) in [5.41, 5.74) is 7.01. The van der Waals surface area contributed by atoms with Crippen LogP contribution in [0.2, 0.25) is 0 Å². The summed E-state index contributed by atoms with van der Waals surface area (Å²) in [6.07, 6.45) is 3.15. The second kappa shape index (κ2) is 7.53. The van der Waals surface area contributed by atoms with Crippen LogP contribution in [-0.4, -0.2) is 23.5 Å². The zero-order valence-corrected chi connectivity index (χ0v) is 11.1. The van der Waals surface area contributed by atoms with Gasteiger partial charge in [0.2, 0.25) is 5.91 Å². The number of amides is 1. The maximum absolute atomic E-state index is 11.7. The highest BCUT2D eigenvalue weighted by molar-refractivity contribution is 5.93. The summed E-state index contributed by atoms with van der Waals surface area (Å²) in [4.78, 5) is 22.5. The molecular weight excluding hydrogens is 244 g/mol. The SMILES string of the molecule is Cc1cc(C(=O)O)ccc1NC(=O)CCCCCN. The van der Waals surface area contributed by atoms with E-state index < -0.39 is 5.97 Å². The molecule has 1 aromatic rings. The van der Waals surface area contributed by atoms with Gasteiger partial charge >= 0.3 is 5.97 Å². The fourth-order valence-electron chi connectivity index (χ4n) is 1.76. The van der Waals surface area contributed by atoms with Crippen molar-refractivity contribution in [3.05, 3.63) is 29.3 Å². The molecule has 0 radical (unpaired) electrons. The molecule has 5 nitrogen and oxygen atoms in total. The van der Waals surface area contributed by atoms with Crippen LogP contribution < -0.4 is 11.1 Å². The van der Waals surface area contributed by atoms with Crippen LogP contribution in [0.25, 0.3) is 0 Å². The second-order valence-electron chi connectivity index (χ2n) is 4.48. The minimum atomic E-state index is -0.970. The Morgan fingerprint density at radius 3 is 2.58 bits per heavy atom. The maximum Gasteiger partial charge on any atom is 0.335 e. The molecule has 0 aliphatic rings. The number of hydrogen-bond acceptors (Lipinski definition) is 3. The number of carbonyl (C=O) groups is 2. The molecule has 0 saturated heterocycles. The van der Waals surface area contributed by atoms with Crippen molar-refractivity contribution in [2.24, 2.45) is 5.73 Å². The van der Waals surface area contributed by atoms with E-state index in [9.17, 15) is 9.59 Å². The van der Waals surface area contributed by atoms with Gasteiger partial charge in [0.25, 0.3) is 0 Å². The number of rotatable bonds is 7. The minimum Gasteiger partial charge on any atom is -0.478 e. The van der Waals surface area contributed by atoms with Crippen molar-refractivity contribution in [2.75, 3.05) is 11.9 Å². The molecule has 0 aliphatic carbocycles. The van der Waals surface area contributed by atoms with Gasteiger partial charge in [0, 0.05) is 12.1 Å². The van der Waals surface area contributed by atoms with Gasteiger partial charge in [0.1, 0.15) is 0 Å². The molecule has 0 fully saturated rings. The molecule has 0 aromatic heterocycles. The van der Waals surface area contributed by atoms with Crippen molar-refractivity contribution < 1.29 is 14.7 Å². The maximum atomic E-state index is 11.7. The molecule has 4 N–H and O–H groups in total. The van der Waals surface area contributed by atoms with Crippen molar-refractivity contribution in [1.29, 1.82) is 0 Å². The third-order valence-electron chi connectivity index (χ3n) is 2.86. The summed E-state index contributed by atoms with van der Waals surface area (Å²) in [5.74, 6) is -1.02. The molecule has 0 unspecified atom stereocenters. The molecule has 1 rings (SSSR count). The van der Waals surface area contributed by atoms with Crippen molar-refractivity contribution >= 4 is 17.6 Å². The summed E-state index contributed by atoms with van der Waals surface area (Å²) in [5, 5.41) is 11.6. The molecule has 0 heterocycles. The van der Waals surface area contributed by atoms with Crippen LogP contribution in [0.15, 0.2) is 18.2 Å². The van der Waals surface area contributed by atoms with Gasteiger partial charge in [-0.05, 0) is 50.1 Å². The number of unbranched alkanes of at least 4 members (excludes halogenated alkanes) is 2. The van der Waals surface area contributed by atoms with E-state index >= 15 is 0 Å². The summed E-state index contributed by atoms with van der Waals surface area (Å²) in [6.45, 7) is 2.42. The largest absolute Gasteiger partial charge is 0.478 e. The van der Waals surface area contributed by atoms with Crippen LogP contribution in [0.3, 0.4) is 0 Å². The number of aryl methyl sites for hydroxylation is 1. The third kappa shape index (κ3) is 5.09. The number of carbonyl (C=O) groups excluding carboxylic acids is 1. The quantitative estimate of drug-likeness (QED) is 0.658. The third-order valence-corrected chi connectivity index (χ3v) is 2.86. The number of carboxylic acids is 1. The van der Waals surface area contributed by atoms with Crippen LogP contribution in [0.5, 0.6) is 0 Å². The molecule has 1 aromatic carbocycles. The molecule has 0 bridgehead atoms. The fraction of sp³-hybridized carbons (Fsp3) is 0.429. The lowest BCUT2D eigenvalue weighted by atomic mass is 10.1. The van der Waals surface area contributed by atoms with Gasteiger partial charge in [0.05, 0.1) is 5.56 Å². The lowest BCUT2D eigenvalue weighted by Crippen LogP contribution is -2.12. The number of anilines is 1. The average Bonchev–Trinajstić information content (AvgIpc) is 2.37. The Labute approximate surface area is 112 Å². The predicted molar refractivity (Wildman–Crippen MR) is 74.3 cm³/mol. The first-order valence-electron chi connectivity index (χ1n) is 6.38. The van der Waals surface area contributed by atoms with Gasteiger partial charge in [-0.2, -0.15) is 0 Å². The van der Waals surface area contributed by atoms with Gasteiger partial charge in [0.15, 0.2) is 0 Å². The van der Waals surface area contributed by atoms with E-state index in [1.165, 1.54) is 6.07 Å². The lowest BCUT2D eigenvalue weighted by molar-refractivity contribution is -0.116. The van der Waals surface area contributed by atoms with E-state index in [4.69, 9.17) is 10.8 Å². The van der Waals surface area contributed by atoms with Crippen molar-refractivity contribution in [3.8, 4) is 0 Å². The Hall–Kier alpha value is -1.88. The van der Waals surface area contributed by atoms with Gasteiger partial charge in [-0.3, -0.25) is 4.79 Å². The summed E-state index contributed by atoms with van der Waals surface area (Å²) >= 11 is 0. The van der Waals surface area contributed by atoms with E-state index in [0.29, 0.717) is 18.7 Å². The van der Waals surface area contributed by atoms with Crippen LogP contribution in [0.1, 0.15) is 41.6 Å². The van der Waals surface area contributed by atoms with Crippen molar-refractivity contribution in [1.82, 2.24) is 0 Å². The monoisotopic (exact) mass is 264 g/mol. The lowest BCUT2D eigenvalue weighted by Gasteiger charge is -2.09. The number of aromatic carboxylic acids is 1. The van der Waals surface area contributed by atoms with Crippen molar-refractivity contribution in [2.45, 2.75) is 32.6 Å². The van der Waals surface area contributed by atoms with Gasteiger partial charge in [-0.15, -0.1) is 0 Å². The Kier molecular flexibility index (Phi) is 6.02. The Bertz CT molecular complexity index is 458. The number of benzene rings is 1. The van der Waals surface area contributed by atoms with E-state index in [2.05, 4.69) is 5.32 Å². The summed E-state index contributed by atoms with van der Waals surface area (Å²) in [7, 11) is 0. The van der Waals surface area contributed by atoms with Crippen LogP contribution in [-0.2, 0) is 4.79 Å². The fourth-order valence-corrected chi connectivity index (χ4v) is 1.76. The second-order valence-corrected chi connectivity index (χ2v) is 4.48. The predicted octanol–water partition coefficient (Wildman–Crippen LogP) is 2.15. The molecular formula is C14H20N2O3. The molecule has 5 heteroatoms. The highest BCUT2D eigenvalue weighted by Crippen LogP contribution is 2.17. The Balaban J connectivity index is 2.52. The zero-order valence-electron chi connectivity index (χ0n) is 11.1. The van der Waals surface area contributed by atoms with E-state index in [1.807, 2.05) is 0 Å². The van der Waals surface area contributed by atoms with Gasteiger partial charge in [-0.25, -0.2) is 4.79 Å². The van der Waals surface area contributed by atoms with E-state index in [0.717, 1.165) is 24.8 Å². The summed E-state index contributed by atoms with van der Waals surface area (Å²) < 4.78 is 0. The molecule has 19 heavy (non-hydrogen) atoms. The number of nitrogens with two attached hydrogens (primary N) is 1. The highest BCUT2D eigenvalue weighted by atomic mass is 16.4. The molecule has 1 amide bonds. The van der Waals surface area contributed by atoms with Gasteiger partial charge < -0.3 is 16.2 Å². The van der Waals surface area contributed by atoms with Crippen molar-refractivity contribution in [3.63, 3.8) is 0 Å². The number of carboxylic acid groups (broad SMARTS) is 1. The average molecular weight is 264 g/mol. The van der Waals surface area contributed by atoms with Crippen LogP contribution >= 0.6 is 0 Å². The van der Waals surface area contributed by atoms with Crippen LogP contribution in [0.4, 0.5) is 5.69 Å². The first-order chi connectivity index (χ1) is 9.04. The standard InChI is InChI=1S/C14H20N2O3/c1-10-9-11(14(18)19)6-7-12(10)16-13(17)5-3-2-4-8-15/h6-7,9H,2-5,8,15H2,1H3,(H,16,17)(H,18,19). The summed E-state index contributed by atoms with van der Waals surface area (Å²) in [6, 6.07) is 4.66. The molecule has 0 aliphatic heterocycles. The van der Waals surface area contributed by atoms with E-state index in [-0.39, 0.29) is 11.5 Å². The molecule has 0 saturated carbocycles. The zero-order chi connectivity index (χ0) is 14.3. The first-order valence-corrected chi connectivity index (χ1v) is 6.38.